The standard InChI is InChI=1S/C22H23ClN8O5S/c1-13(18(34-2)16-8-7-15(23)11-25-16)37(32,33)30-22-29-28-19(14-6-5-9-24-10-14)31(22)17-20(35-3)26-12-27-21(17)36-4/h5-13,18H,1-4H3,(H,29,30)/t13-,18-/m1/s1. The largest absolute Gasteiger partial charge is 0.479 e. The molecule has 37 heavy (non-hydrogen) atoms. The van der Waals surface area contributed by atoms with Crippen LogP contribution in [0.4, 0.5) is 5.95 Å². The number of hydrogen-bond acceptors (Lipinski definition) is 11. The second-order valence-corrected chi connectivity index (χ2v) is 10.0. The van der Waals surface area contributed by atoms with Gasteiger partial charge in [0.15, 0.2) is 11.5 Å². The maximum atomic E-state index is 13.5. The molecule has 15 heteroatoms. The van der Waals surface area contributed by atoms with Crippen molar-refractivity contribution >= 4 is 27.6 Å². The Kier molecular flexibility index (Phi) is 7.80. The van der Waals surface area contributed by atoms with Gasteiger partial charge in [-0.2, -0.15) is 9.97 Å². The monoisotopic (exact) mass is 546 g/mol. The minimum absolute atomic E-state index is 0.102. The van der Waals surface area contributed by atoms with Gasteiger partial charge >= 0.3 is 0 Å². The molecule has 4 rings (SSSR count). The molecule has 2 atom stereocenters. The molecule has 0 aromatic carbocycles. The van der Waals surface area contributed by atoms with Crippen LogP contribution < -0.4 is 14.2 Å². The number of pyridine rings is 2. The van der Waals surface area contributed by atoms with E-state index in [2.05, 4.69) is 34.9 Å². The van der Waals surface area contributed by atoms with Crippen molar-refractivity contribution in [2.24, 2.45) is 0 Å². The summed E-state index contributed by atoms with van der Waals surface area (Å²) in [7, 11) is 0.0857. The predicted molar refractivity (Wildman–Crippen MR) is 134 cm³/mol. The van der Waals surface area contributed by atoms with Gasteiger partial charge in [-0.05, 0) is 31.2 Å². The Balaban J connectivity index is 1.83. The molecule has 0 saturated heterocycles. The third-order valence-corrected chi connectivity index (χ3v) is 7.31. The number of methoxy groups -OCH3 is 3. The Bertz CT molecular complexity index is 1450. The Labute approximate surface area is 217 Å². The van der Waals surface area contributed by atoms with Crippen molar-refractivity contribution < 1.29 is 22.6 Å². The van der Waals surface area contributed by atoms with Crippen LogP contribution in [0.1, 0.15) is 18.7 Å². The summed E-state index contributed by atoms with van der Waals surface area (Å²) in [6.07, 6.45) is 4.91. The average Bonchev–Trinajstić information content (AvgIpc) is 3.32. The third-order valence-electron chi connectivity index (χ3n) is 5.39. The highest BCUT2D eigenvalue weighted by Crippen LogP contribution is 2.35. The van der Waals surface area contributed by atoms with Crippen LogP contribution in [-0.2, 0) is 14.8 Å². The highest BCUT2D eigenvalue weighted by atomic mass is 35.5. The summed E-state index contributed by atoms with van der Waals surface area (Å²) < 4.78 is 47.3. The van der Waals surface area contributed by atoms with Gasteiger partial charge in [-0.25, -0.2) is 8.42 Å². The molecule has 4 aromatic rings. The molecule has 0 fully saturated rings. The molecule has 0 bridgehead atoms. The lowest BCUT2D eigenvalue weighted by Gasteiger charge is -2.23. The fraction of sp³-hybridized carbons (Fsp3) is 0.273. The number of ether oxygens (including phenoxy) is 3. The number of rotatable bonds is 10. The predicted octanol–water partition coefficient (Wildman–Crippen LogP) is 2.70. The van der Waals surface area contributed by atoms with E-state index in [4.69, 9.17) is 25.8 Å². The van der Waals surface area contributed by atoms with Crippen LogP contribution in [0.2, 0.25) is 5.02 Å². The zero-order valence-electron chi connectivity index (χ0n) is 20.2. The van der Waals surface area contributed by atoms with Crippen LogP contribution in [0.15, 0.2) is 49.2 Å². The van der Waals surface area contributed by atoms with E-state index >= 15 is 0 Å². The first-order valence-corrected chi connectivity index (χ1v) is 12.7. The number of halogens is 1. The van der Waals surface area contributed by atoms with E-state index in [0.717, 1.165) is 0 Å². The fourth-order valence-corrected chi connectivity index (χ4v) is 4.83. The molecule has 4 aromatic heterocycles. The number of nitrogens with one attached hydrogen (secondary N) is 1. The van der Waals surface area contributed by atoms with E-state index in [9.17, 15) is 8.42 Å². The Hall–Kier alpha value is -3.88. The van der Waals surface area contributed by atoms with Crippen molar-refractivity contribution in [1.29, 1.82) is 0 Å². The summed E-state index contributed by atoms with van der Waals surface area (Å²) in [5.74, 6) is 0.291. The number of hydrogen-bond donors (Lipinski definition) is 1. The van der Waals surface area contributed by atoms with E-state index in [1.807, 2.05) is 0 Å². The quantitative estimate of drug-likeness (QED) is 0.312. The molecule has 0 saturated carbocycles. The molecule has 0 amide bonds. The second-order valence-electron chi connectivity index (χ2n) is 7.57. The molecule has 0 aliphatic rings. The molecule has 0 unspecified atom stereocenters. The van der Waals surface area contributed by atoms with Gasteiger partial charge in [0.2, 0.25) is 27.7 Å². The summed E-state index contributed by atoms with van der Waals surface area (Å²) in [4.78, 5) is 16.6. The Morgan fingerprint density at radius 1 is 1.00 bits per heavy atom. The van der Waals surface area contributed by atoms with E-state index in [0.29, 0.717) is 16.3 Å². The molecule has 4 heterocycles. The van der Waals surface area contributed by atoms with Gasteiger partial charge < -0.3 is 14.2 Å². The molecular formula is C22H23ClN8O5S. The second kappa shape index (κ2) is 11.0. The van der Waals surface area contributed by atoms with Crippen molar-refractivity contribution in [1.82, 2.24) is 34.7 Å². The molecule has 0 aliphatic carbocycles. The fourth-order valence-electron chi connectivity index (χ4n) is 3.57. The number of aromatic nitrogens is 7. The molecule has 0 aliphatic heterocycles. The summed E-state index contributed by atoms with van der Waals surface area (Å²) in [5.41, 5.74) is 1.12. The van der Waals surface area contributed by atoms with Crippen molar-refractivity contribution in [2.75, 3.05) is 26.1 Å². The molecule has 0 radical (unpaired) electrons. The van der Waals surface area contributed by atoms with Gasteiger partial charge in [0.05, 0.1) is 24.9 Å². The van der Waals surface area contributed by atoms with E-state index < -0.39 is 21.4 Å². The normalized spacial score (nSPS) is 13.1. The maximum Gasteiger partial charge on any atom is 0.245 e. The SMILES string of the molecule is COc1ncnc(OC)c1-n1c(NS(=O)(=O)[C@H](C)[C@@H](OC)c2ccc(Cl)cn2)nnc1-c1cccnc1. The lowest BCUT2D eigenvalue weighted by molar-refractivity contribution is 0.0989. The zero-order chi connectivity index (χ0) is 26.6. The third kappa shape index (κ3) is 5.30. The zero-order valence-corrected chi connectivity index (χ0v) is 21.8. The number of sulfonamides is 1. The minimum Gasteiger partial charge on any atom is -0.479 e. The van der Waals surface area contributed by atoms with Crippen molar-refractivity contribution in [3.8, 4) is 28.8 Å². The Morgan fingerprint density at radius 2 is 1.73 bits per heavy atom. The van der Waals surface area contributed by atoms with Gasteiger partial charge in [-0.3, -0.25) is 19.3 Å². The summed E-state index contributed by atoms with van der Waals surface area (Å²) in [6, 6.07) is 6.65. The van der Waals surface area contributed by atoms with Crippen LogP contribution in [0.25, 0.3) is 17.1 Å². The molecule has 1 N–H and O–H groups in total. The van der Waals surface area contributed by atoms with Crippen LogP contribution in [0.5, 0.6) is 11.8 Å². The van der Waals surface area contributed by atoms with Gasteiger partial charge in [0, 0.05) is 31.3 Å². The first-order valence-electron chi connectivity index (χ1n) is 10.8. The van der Waals surface area contributed by atoms with E-state index in [1.54, 1.807) is 36.7 Å². The molecule has 0 spiro atoms. The maximum absolute atomic E-state index is 13.5. The van der Waals surface area contributed by atoms with Gasteiger partial charge in [-0.1, -0.05) is 11.6 Å². The summed E-state index contributed by atoms with van der Waals surface area (Å²) in [5, 5.41) is 7.63. The smallest absolute Gasteiger partial charge is 0.245 e. The highest BCUT2D eigenvalue weighted by molar-refractivity contribution is 7.93. The summed E-state index contributed by atoms with van der Waals surface area (Å²) >= 11 is 5.93. The van der Waals surface area contributed by atoms with E-state index in [1.165, 1.54) is 45.3 Å². The van der Waals surface area contributed by atoms with Crippen LogP contribution >= 0.6 is 11.6 Å². The van der Waals surface area contributed by atoms with Crippen molar-refractivity contribution in [3.63, 3.8) is 0 Å². The summed E-state index contributed by atoms with van der Waals surface area (Å²) in [6.45, 7) is 1.49. The molecule has 194 valence electrons. The van der Waals surface area contributed by atoms with Crippen molar-refractivity contribution in [2.45, 2.75) is 18.3 Å². The first-order chi connectivity index (χ1) is 17.8. The minimum atomic E-state index is -4.13. The molecule has 13 nitrogen and oxygen atoms in total. The Morgan fingerprint density at radius 3 is 2.30 bits per heavy atom. The van der Waals surface area contributed by atoms with E-state index in [-0.39, 0.29) is 29.2 Å². The molecular weight excluding hydrogens is 524 g/mol. The topological polar surface area (TPSA) is 156 Å². The number of nitrogens with zero attached hydrogens (tertiary/aromatic N) is 7. The highest BCUT2D eigenvalue weighted by Gasteiger charge is 2.34. The average molecular weight is 547 g/mol. The van der Waals surface area contributed by atoms with Gasteiger partial charge in [0.25, 0.3) is 0 Å². The first kappa shape index (κ1) is 26.2. The van der Waals surface area contributed by atoms with Crippen LogP contribution in [-0.4, -0.2) is 69.7 Å². The van der Waals surface area contributed by atoms with Crippen molar-refractivity contribution in [3.05, 3.63) is 59.9 Å². The number of anilines is 1. The lowest BCUT2D eigenvalue weighted by Crippen LogP contribution is -2.33. The van der Waals surface area contributed by atoms with Crippen LogP contribution in [0.3, 0.4) is 0 Å². The lowest BCUT2D eigenvalue weighted by atomic mass is 10.2. The van der Waals surface area contributed by atoms with Gasteiger partial charge in [-0.15, -0.1) is 10.2 Å². The van der Waals surface area contributed by atoms with Crippen LogP contribution in [0, 0.1) is 0 Å². The van der Waals surface area contributed by atoms with Gasteiger partial charge in [0.1, 0.15) is 17.7 Å².